The molecule has 8 nitrogen and oxygen atoms in total. The van der Waals surface area contributed by atoms with Crippen LogP contribution in [0.5, 0.6) is 0 Å². The second-order valence-electron chi connectivity index (χ2n) is 8.37. The Bertz CT molecular complexity index is 1390. The topological polar surface area (TPSA) is 80.8 Å². The molecule has 4 heterocycles. The number of aromatic nitrogens is 5. The highest BCUT2D eigenvalue weighted by molar-refractivity contribution is 6.31. The van der Waals surface area contributed by atoms with Gasteiger partial charge in [0.15, 0.2) is 11.2 Å². The third-order valence-corrected chi connectivity index (χ3v) is 6.81. The van der Waals surface area contributed by atoms with Crippen LogP contribution in [0.1, 0.15) is 24.3 Å². The zero-order valence-corrected chi connectivity index (χ0v) is 18.4. The summed E-state index contributed by atoms with van der Waals surface area (Å²) in [7, 11) is 3.15. The Labute approximate surface area is 183 Å². The van der Waals surface area contributed by atoms with E-state index in [4.69, 9.17) is 11.6 Å². The third-order valence-electron chi connectivity index (χ3n) is 6.58. The van der Waals surface area contributed by atoms with Gasteiger partial charge in [0.1, 0.15) is 0 Å². The van der Waals surface area contributed by atoms with E-state index in [2.05, 4.69) is 21.1 Å². The van der Waals surface area contributed by atoms with Crippen LogP contribution in [-0.4, -0.2) is 48.2 Å². The maximum atomic E-state index is 12.6. The van der Waals surface area contributed by atoms with Crippen LogP contribution in [0.2, 0.25) is 5.02 Å². The van der Waals surface area contributed by atoms with E-state index in [1.54, 1.807) is 13.4 Å². The van der Waals surface area contributed by atoms with Crippen molar-refractivity contribution in [1.82, 2.24) is 28.6 Å². The fourth-order valence-corrected chi connectivity index (χ4v) is 4.91. The van der Waals surface area contributed by atoms with E-state index in [0.717, 1.165) is 47.6 Å². The first-order valence-corrected chi connectivity index (χ1v) is 10.9. The number of halogens is 1. The summed E-state index contributed by atoms with van der Waals surface area (Å²) in [6.07, 6.45) is 5.95. The lowest BCUT2D eigenvalue weighted by molar-refractivity contribution is 0.206. The van der Waals surface area contributed by atoms with Gasteiger partial charge < -0.3 is 14.5 Å². The van der Waals surface area contributed by atoms with Crippen molar-refractivity contribution in [2.24, 2.45) is 14.1 Å². The SMILES string of the molecule is Cn1c(=O)c2c(ncn2CCN2CCC(c3c[nH]c4ccc(Cl)cc34)CC2)n(C)c1=O. The molecule has 4 aromatic rings. The Kier molecular flexibility index (Phi) is 4.98. The van der Waals surface area contributed by atoms with Crippen LogP contribution in [0.15, 0.2) is 40.3 Å². The third kappa shape index (κ3) is 3.40. The summed E-state index contributed by atoms with van der Waals surface area (Å²) in [5.74, 6) is 0.513. The number of likely N-dealkylation sites (tertiary alicyclic amines) is 1. The van der Waals surface area contributed by atoms with Crippen molar-refractivity contribution in [2.75, 3.05) is 19.6 Å². The molecule has 0 amide bonds. The normalized spacial score (nSPS) is 16.0. The van der Waals surface area contributed by atoms with E-state index in [9.17, 15) is 9.59 Å². The summed E-state index contributed by atoms with van der Waals surface area (Å²) < 4.78 is 4.43. The van der Waals surface area contributed by atoms with E-state index in [1.807, 2.05) is 22.8 Å². The van der Waals surface area contributed by atoms with Gasteiger partial charge in [0.05, 0.1) is 6.33 Å². The first kappa shape index (κ1) is 20.1. The van der Waals surface area contributed by atoms with Crippen LogP contribution in [0.25, 0.3) is 22.1 Å². The molecule has 0 bridgehead atoms. The predicted molar refractivity (Wildman–Crippen MR) is 122 cm³/mol. The molecule has 1 fully saturated rings. The minimum Gasteiger partial charge on any atom is -0.361 e. The molecule has 31 heavy (non-hydrogen) atoms. The van der Waals surface area contributed by atoms with Crippen molar-refractivity contribution in [3.05, 3.63) is 62.1 Å². The zero-order valence-electron chi connectivity index (χ0n) is 17.6. The second-order valence-corrected chi connectivity index (χ2v) is 8.80. The Morgan fingerprint density at radius 1 is 1.13 bits per heavy atom. The summed E-state index contributed by atoms with van der Waals surface area (Å²) in [5.41, 5.74) is 2.74. The van der Waals surface area contributed by atoms with Crippen LogP contribution in [0.4, 0.5) is 0 Å². The number of aromatic amines is 1. The summed E-state index contributed by atoms with van der Waals surface area (Å²) in [6.45, 7) is 3.50. The molecule has 0 unspecified atom stereocenters. The molecule has 0 spiro atoms. The highest BCUT2D eigenvalue weighted by Gasteiger charge is 2.23. The summed E-state index contributed by atoms with van der Waals surface area (Å²) in [6, 6.07) is 6.00. The van der Waals surface area contributed by atoms with Gasteiger partial charge in [0.2, 0.25) is 0 Å². The molecule has 3 aromatic heterocycles. The predicted octanol–water partition coefficient (Wildman–Crippen LogP) is 2.45. The van der Waals surface area contributed by atoms with Gasteiger partial charge in [0.25, 0.3) is 5.56 Å². The maximum absolute atomic E-state index is 12.6. The van der Waals surface area contributed by atoms with Gasteiger partial charge in [0, 0.05) is 49.3 Å². The van der Waals surface area contributed by atoms with Gasteiger partial charge in [-0.1, -0.05) is 11.6 Å². The Balaban J connectivity index is 1.28. The minimum absolute atomic E-state index is 0.299. The quantitative estimate of drug-likeness (QED) is 0.528. The molecule has 0 aliphatic carbocycles. The summed E-state index contributed by atoms with van der Waals surface area (Å²) in [5, 5.41) is 1.99. The number of piperidine rings is 1. The average Bonchev–Trinajstić information content (AvgIpc) is 3.39. The van der Waals surface area contributed by atoms with Crippen LogP contribution < -0.4 is 11.2 Å². The van der Waals surface area contributed by atoms with Crippen molar-refractivity contribution >= 4 is 33.7 Å². The molecular formula is C22H25ClN6O2. The number of rotatable bonds is 4. The lowest BCUT2D eigenvalue weighted by Crippen LogP contribution is -2.38. The van der Waals surface area contributed by atoms with E-state index in [0.29, 0.717) is 23.6 Å². The van der Waals surface area contributed by atoms with Gasteiger partial charge in [-0.05, 0) is 55.6 Å². The van der Waals surface area contributed by atoms with Crippen molar-refractivity contribution in [1.29, 1.82) is 0 Å². The Morgan fingerprint density at radius 3 is 2.68 bits per heavy atom. The van der Waals surface area contributed by atoms with Crippen molar-refractivity contribution in [3.63, 3.8) is 0 Å². The van der Waals surface area contributed by atoms with Gasteiger partial charge in [-0.2, -0.15) is 0 Å². The number of nitrogens with zero attached hydrogens (tertiary/aromatic N) is 5. The smallest absolute Gasteiger partial charge is 0.332 e. The monoisotopic (exact) mass is 440 g/mol. The van der Waals surface area contributed by atoms with Crippen LogP contribution >= 0.6 is 11.6 Å². The van der Waals surface area contributed by atoms with Gasteiger partial charge in [-0.3, -0.25) is 13.9 Å². The summed E-state index contributed by atoms with van der Waals surface area (Å²) in [4.78, 5) is 34.8. The van der Waals surface area contributed by atoms with Crippen molar-refractivity contribution < 1.29 is 0 Å². The minimum atomic E-state index is -0.358. The molecule has 1 N–H and O–H groups in total. The largest absolute Gasteiger partial charge is 0.361 e. The lowest BCUT2D eigenvalue weighted by Gasteiger charge is -2.32. The van der Waals surface area contributed by atoms with Crippen LogP contribution in [0, 0.1) is 0 Å². The number of aryl methyl sites for hydroxylation is 1. The van der Waals surface area contributed by atoms with E-state index >= 15 is 0 Å². The highest BCUT2D eigenvalue weighted by atomic mass is 35.5. The zero-order chi connectivity index (χ0) is 21.7. The molecule has 9 heteroatoms. The molecule has 0 atom stereocenters. The molecule has 1 aliphatic heterocycles. The number of fused-ring (bicyclic) bond motifs is 2. The molecule has 1 saturated heterocycles. The highest BCUT2D eigenvalue weighted by Crippen LogP contribution is 2.34. The van der Waals surface area contributed by atoms with E-state index < -0.39 is 0 Å². The van der Waals surface area contributed by atoms with Gasteiger partial charge in [-0.15, -0.1) is 0 Å². The molecule has 1 aromatic carbocycles. The lowest BCUT2D eigenvalue weighted by atomic mass is 9.89. The fraction of sp³-hybridized carbons (Fsp3) is 0.409. The summed E-state index contributed by atoms with van der Waals surface area (Å²) >= 11 is 6.21. The molecule has 0 saturated carbocycles. The number of hydrogen-bond acceptors (Lipinski definition) is 4. The van der Waals surface area contributed by atoms with Crippen LogP contribution in [0.3, 0.4) is 0 Å². The number of hydrogen-bond donors (Lipinski definition) is 1. The fourth-order valence-electron chi connectivity index (χ4n) is 4.74. The molecule has 0 radical (unpaired) electrons. The van der Waals surface area contributed by atoms with Gasteiger partial charge >= 0.3 is 5.69 Å². The molecular weight excluding hydrogens is 416 g/mol. The first-order chi connectivity index (χ1) is 14.9. The number of benzene rings is 1. The first-order valence-electron chi connectivity index (χ1n) is 10.5. The molecule has 162 valence electrons. The second kappa shape index (κ2) is 7.69. The van der Waals surface area contributed by atoms with Crippen molar-refractivity contribution in [3.8, 4) is 0 Å². The molecule has 1 aliphatic rings. The Hall–Kier alpha value is -2.84. The number of nitrogens with one attached hydrogen (secondary N) is 1. The van der Waals surface area contributed by atoms with Gasteiger partial charge in [-0.25, -0.2) is 9.78 Å². The van der Waals surface area contributed by atoms with Crippen LogP contribution in [-0.2, 0) is 20.6 Å². The number of H-pyrrole nitrogens is 1. The van der Waals surface area contributed by atoms with E-state index in [-0.39, 0.29) is 11.2 Å². The maximum Gasteiger partial charge on any atom is 0.332 e. The average molecular weight is 441 g/mol. The standard InChI is InChI=1S/C22H25ClN6O2/c1-26-20-19(21(30)27(2)22(26)31)29(13-25-20)10-9-28-7-5-14(6-8-28)17-12-24-18-4-3-15(23)11-16(17)18/h3-4,11-14,24H,5-10H2,1-2H3. The van der Waals surface area contributed by atoms with Crippen molar-refractivity contribution in [2.45, 2.75) is 25.3 Å². The number of imidazole rings is 1. The van der Waals surface area contributed by atoms with E-state index in [1.165, 1.54) is 22.6 Å². The molecule has 5 rings (SSSR count). The Morgan fingerprint density at radius 2 is 1.90 bits per heavy atom.